The number of phenolic OH excluding ortho intramolecular Hbond substituents is 1. The van der Waals surface area contributed by atoms with E-state index in [-0.39, 0.29) is 11.3 Å². The molecular formula is C24H25N3O6. The number of carbonyl (C=O) groups is 2. The molecular weight excluding hydrogens is 426 g/mol. The Morgan fingerprint density at radius 3 is 2.58 bits per heavy atom. The lowest BCUT2D eigenvalue weighted by Crippen LogP contribution is -2.41. The number of nitro groups is 1. The van der Waals surface area contributed by atoms with E-state index in [1.165, 1.54) is 37.2 Å². The minimum Gasteiger partial charge on any atom is -0.502 e. The average molecular weight is 451 g/mol. The van der Waals surface area contributed by atoms with Crippen molar-refractivity contribution in [3.8, 4) is 16.9 Å². The van der Waals surface area contributed by atoms with Crippen LogP contribution in [0.1, 0.15) is 59.1 Å². The molecule has 0 saturated carbocycles. The second-order valence-corrected chi connectivity index (χ2v) is 7.54. The highest BCUT2D eigenvalue weighted by molar-refractivity contribution is 6.01. The molecule has 172 valence electrons. The normalized spacial score (nSPS) is 10.6. The van der Waals surface area contributed by atoms with Crippen LogP contribution >= 0.6 is 0 Å². The van der Waals surface area contributed by atoms with E-state index in [1.54, 1.807) is 6.07 Å². The number of nitrogens with one attached hydrogen (secondary N) is 2. The molecule has 3 rings (SSSR count). The van der Waals surface area contributed by atoms with Gasteiger partial charge < -0.3 is 9.52 Å². The second kappa shape index (κ2) is 10.9. The van der Waals surface area contributed by atoms with Crippen LogP contribution in [-0.2, 0) is 6.42 Å². The van der Waals surface area contributed by atoms with Crippen molar-refractivity contribution in [2.75, 3.05) is 0 Å². The van der Waals surface area contributed by atoms with Crippen molar-refractivity contribution in [1.82, 2.24) is 10.9 Å². The van der Waals surface area contributed by atoms with Gasteiger partial charge in [0.25, 0.3) is 5.91 Å². The highest BCUT2D eigenvalue weighted by Gasteiger charge is 2.20. The molecule has 2 aromatic carbocycles. The summed E-state index contributed by atoms with van der Waals surface area (Å²) in [5.74, 6) is -2.00. The zero-order chi connectivity index (χ0) is 23.8. The third-order valence-electron chi connectivity index (χ3n) is 5.15. The Morgan fingerprint density at radius 1 is 1.03 bits per heavy atom. The first-order chi connectivity index (χ1) is 15.9. The van der Waals surface area contributed by atoms with Crippen LogP contribution in [0.2, 0.25) is 0 Å². The first kappa shape index (κ1) is 23.5. The third-order valence-corrected chi connectivity index (χ3v) is 5.15. The fourth-order valence-corrected chi connectivity index (χ4v) is 3.42. The summed E-state index contributed by atoms with van der Waals surface area (Å²) in [5, 5.41) is 20.4. The average Bonchev–Trinajstić information content (AvgIpc) is 3.30. The van der Waals surface area contributed by atoms with Gasteiger partial charge in [-0.2, -0.15) is 0 Å². The van der Waals surface area contributed by atoms with Gasteiger partial charge in [-0.25, -0.2) is 0 Å². The van der Waals surface area contributed by atoms with E-state index >= 15 is 0 Å². The van der Waals surface area contributed by atoms with Crippen LogP contribution in [0.5, 0.6) is 5.75 Å². The standard InChI is InChI=1S/C24H25N3O6/c1-2-3-4-5-7-16-8-6-9-17(14-16)19-12-13-33-22(19)24(30)26-25-23(29)18-10-11-21(28)20(15-18)27(31)32/h6,8-15,28H,2-5,7H2,1H3,(H,25,29)(H,26,30). The van der Waals surface area contributed by atoms with E-state index in [0.29, 0.717) is 5.56 Å². The van der Waals surface area contributed by atoms with Crippen LogP contribution in [0.25, 0.3) is 11.1 Å². The Balaban J connectivity index is 1.67. The van der Waals surface area contributed by atoms with Gasteiger partial charge >= 0.3 is 11.6 Å². The molecule has 0 radical (unpaired) electrons. The molecule has 0 aliphatic carbocycles. The van der Waals surface area contributed by atoms with Crippen molar-refractivity contribution in [2.24, 2.45) is 0 Å². The van der Waals surface area contributed by atoms with E-state index in [2.05, 4.69) is 17.8 Å². The quantitative estimate of drug-likeness (QED) is 0.244. The number of phenols is 1. The van der Waals surface area contributed by atoms with Gasteiger partial charge in [-0.15, -0.1) is 0 Å². The fourth-order valence-electron chi connectivity index (χ4n) is 3.42. The minimum atomic E-state index is -0.808. The SMILES string of the molecule is CCCCCCc1cccc(-c2ccoc2C(=O)NNC(=O)c2ccc(O)c([N+](=O)[O-])c2)c1. The fraction of sp³-hybridized carbons (Fsp3) is 0.250. The topological polar surface area (TPSA) is 135 Å². The molecule has 1 aromatic heterocycles. The predicted octanol–water partition coefficient (Wildman–Crippen LogP) is 4.76. The highest BCUT2D eigenvalue weighted by Crippen LogP contribution is 2.27. The molecule has 33 heavy (non-hydrogen) atoms. The Kier molecular flexibility index (Phi) is 7.80. The van der Waals surface area contributed by atoms with E-state index < -0.39 is 28.2 Å². The molecule has 0 unspecified atom stereocenters. The van der Waals surface area contributed by atoms with Gasteiger partial charge in [0.15, 0.2) is 5.75 Å². The van der Waals surface area contributed by atoms with E-state index in [1.807, 2.05) is 24.3 Å². The van der Waals surface area contributed by atoms with E-state index in [4.69, 9.17) is 4.42 Å². The molecule has 3 aromatic rings. The number of carbonyl (C=O) groups excluding carboxylic acids is 2. The first-order valence-electron chi connectivity index (χ1n) is 10.7. The van der Waals surface area contributed by atoms with Gasteiger partial charge in [-0.05, 0) is 42.2 Å². The van der Waals surface area contributed by atoms with E-state index in [9.17, 15) is 24.8 Å². The van der Waals surface area contributed by atoms with Crippen LogP contribution in [0, 0.1) is 10.1 Å². The second-order valence-electron chi connectivity index (χ2n) is 7.54. The van der Waals surface area contributed by atoms with Crippen molar-refractivity contribution < 1.29 is 24.0 Å². The van der Waals surface area contributed by atoms with Gasteiger partial charge in [0, 0.05) is 17.2 Å². The number of rotatable bonds is 9. The lowest BCUT2D eigenvalue weighted by atomic mass is 10.00. The number of furan rings is 1. The van der Waals surface area contributed by atoms with Gasteiger partial charge in [0.2, 0.25) is 5.76 Å². The molecule has 1 heterocycles. The monoisotopic (exact) mass is 451 g/mol. The number of hydrogen-bond acceptors (Lipinski definition) is 6. The Labute approximate surface area is 190 Å². The summed E-state index contributed by atoms with van der Waals surface area (Å²) in [4.78, 5) is 35.0. The summed E-state index contributed by atoms with van der Waals surface area (Å²) >= 11 is 0. The number of unbranched alkanes of at least 4 members (excludes halogenated alkanes) is 3. The smallest absolute Gasteiger partial charge is 0.311 e. The molecule has 0 spiro atoms. The highest BCUT2D eigenvalue weighted by atomic mass is 16.6. The number of hydrazine groups is 1. The van der Waals surface area contributed by atoms with Crippen molar-refractivity contribution in [3.05, 3.63) is 81.8 Å². The number of aromatic hydroxyl groups is 1. The Bertz CT molecular complexity index is 1150. The number of aryl methyl sites for hydroxylation is 1. The molecule has 0 bridgehead atoms. The molecule has 0 aliphatic rings. The molecule has 3 N–H and O–H groups in total. The molecule has 9 heteroatoms. The Morgan fingerprint density at radius 2 is 1.82 bits per heavy atom. The van der Waals surface area contributed by atoms with E-state index in [0.717, 1.165) is 30.5 Å². The van der Waals surface area contributed by atoms with Crippen molar-refractivity contribution in [3.63, 3.8) is 0 Å². The maximum Gasteiger partial charge on any atom is 0.311 e. The van der Waals surface area contributed by atoms with Gasteiger partial charge in [0.05, 0.1) is 11.2 Å². The first-order valence-corrected chi connectivity index (χ1v) is 10.7. The van der Waals surface area contributed by atoms with Crippen molar-refractivity contribution in [1.29, 1.82) is 0 Å². The Hall–Kier alpha value is -4.14. The van der Waals surface area contributed by atoms with Crippen LogP contribution in [0.3, 0.4) is 0 Å². The molecule has 0 fully saturated rings. The molecule has 0 atom stereocenters. The zero-order valence-electron chi connectivity index (χ0n) is 18.2. The number of hydrogen-bond donors (Lipinski definition) is 3. The number of amides is 2. The maximum atomic E-state index is 12.6. The number of nitrogens with zero attached hydrogens (tertiary/aromatic N) is 1. The maximum absolute atomic E-state index is 12.6. The van der Waals surface area contributed by atoms with Crippen molar-refractivity contribution in [2.45, 2.75) is 39.0 Å². The lowest BCUT2D eigenvalue weighted by molar-refractivity contribution is -0.385. The summed E-state index contributed by atoms with van der Waals surface area (Å²) < 4.78 is 5.35. The number of nitro benzene ring substituents is 1. The molecule has 0 aliphatic heterocycles. The molecule has 0 saturated heterocycles. The molecule has 9 nitrogen and oxygen atoms in total. The number of benzene rings is 2. The zero-order valence-corrected chi connectivity index (χ0v) is 18.2. The summed E-state index contributed by atoms with van der Waals surface area (Å²) in [5.41, 5.74) is 6.31. The summed E-state index contributed by atoms with van der Waals surface area (Å²) in [6.07, 6.45) is 6.98. The third kappa shape index (κ3) is 5.97. The summed E-state index contributed by atoms with van der Waals surface area (Å²) in [7, 11) is 0. The van der Waals surface area contributed by atoms with Crippen LogP contribution < -0.4 is 10.9 Å². The van der Waals surface area contributed by atoms with Gasteiger partial charge in [-0.1, -0.05) is 50.5 Å². The minimum absolute atomic E-state index is 0.0233. The van der Waals surface area contributed by atoms with Crippen molar-refractivity contribution >= 4 is 17.5 Å². The molecule has 2 amide bonds. The van der Waals surface area contributed by atoms with Crippen LogP contribution in [-0.4, -0.2) is 21.8 Å². The van der Waals surface area contributed by atoms with Crippen LogP contribution in [0.4, 0.5) is 5.69 Å². The largest absolute Gasteiger partial charge is 0.502 e. The lowest BCUT2D eigenvalue weighted by Gasteiger charge is -2.09. The summed E-state index contributed by atoms with van der Waals surface area (Å²) in [6, 6.07) is 12.7. The summed E-state index contributed by atoms with van der Waals surface area (Å²) in [6.45, 7) is 2.17. The van der Waals surface area contributed by atoms with Crippen LogP contribution in [0.15, 0.2) is 59.2 Å². The predicted molar refractivity (Wildman–Crippen MR) is 122 cm³/mol. The van der Waals surface area contributed by atoms with Gasteiger partial charge in [-0.3, -0.25) is 30.6 Å². The van der Waals surface area contributed by atoms with Gasteiger partial charge in [0.1, 0.15) is 0 Å².